The van der Waals surface area contributed by atoms with Crippen molar-refractivity contribution in [2.45, 2.75) is 24.9 Å². The molecular formula is C16H18IN3O2. The summed E-state index contributed by atoms with van der Waals surface area (Å²) in [5.41, 5.74) is 2.04. The molecule has 116 valence electrons. The zero-order valence-corrected chi connectivity index (χ0v) is 14.5. The monoisotopic (exact) mass is 411 g/mol. The summed E-state index contributed by atoms with van der Waals surface area (Å²) in [6, 6.07) is 7.92. The maximum atomic E-state index is 12.3. The fourth-order valence-corrected chi connectivity index (χ4v) is 3.83. The van der Waals surface area contributed by atoms with Crippen molar-refractivity contribution in [3.05, 3.63) is 36.0 Å². The summed E-state index contributed by atoms with van der Waals surface area (Å²) < 4.78 is 0.133. The van der Waals surface area contributed by atoms with E-state index < -0.39 is 0 Å². The third-order valence-electron chi connectivity index (χ3n) is 4.20. The van der Waals surface area contributed by atoms with E-state index in [1.54, 1.807) is 0 Å². The Morgan fingerprint density at radius 3 is 2.91 bits per heavy atom. The highest BCUT2D eigenvalue weighted by molar-refractivity contribution is 14.1. The van der Waals surface area contributed by atoms with Gasteiger partial charge in [0.1, 0.15) is 0 Å². The summed E-state index contributed by atoms with van der Waals surface area (Å²) in [4.78, 5) is 29.0. The fraction of sp³-hybridized carbons (Fsp3) is 0.375. The highest BCUT2D eigenvalue weighted by Gasteiger charge is 2.33. The van der Waals surface area contributed by atoms with Gasteiger partial charge in [0.25, 0.3) is 0 Å². The number of rotatable bonds is 4. The predicted octanol–water partition coefficient (Wildman–Crippen LogP) is 1.86. The van der Waals surface area contributed by atoms with Gasteiger partial charge in [-0.3, -0.25) is 14.5 Å². The molecule has 6 heteroatoms. The molecule has 1 saturated heterocycles. The normalized spacial score (nSPS) is 22.1. The molecule has 1 amide bonds. The van der Waals surface area contributed by atoms with Crippen molar-refractivity contribution in [2.75, 3.05) is 13.6 Å². The molecule has 3 rings (SSSR count). The second kappa shape index (κ2) is 6.37. The lowest BCUT2D eigenvalue weighted by molar-refractivity contribution is -0.121. The van der Waals surface area contributed by atoms with Crippen LogP contribution in [0.1, 0.15) is 12.0 Å². The average Bonchev–Trinajstić information content (AvgIpc) is 3.03. The van der Waals surface area contributed by atoms with Crippen LogP contribution in [0.2, 0.25) is 0 Å². The predicted molar refractivity (Wildman–Crippen MR) is 94.0 cm³/mol. The Kier molecular flexibility index (Phi) is 4.49. The number of likely N-dealkylation sites (tertiary alicyclic amines) is 1. The number of carbonyl (C=O) groups excluding carboxylic acids is 2. The second-order valence-corrected chi connectivity index (χ2v) is 6.86. The van der Waals surface area contributed by atoms with Gasteiger partial charge >= 0.3 is 0 Å². The Balaban J connectivity index is 1.63. The van der Waals surface area contributed by atoms with E-state index in [2.05, 4.69) is 10.3 Å². The summed E-state index contributed by atoms with van der Waals surface area (Å²) in [5.74, 6) is 0.00436. The van der Waals surface area contributed by atoms with Crippen LogP contribution in [0, 0.1) is 0 Å². The molecule has 2 N–H and O–H groups in total. The number of hydrogen-bond acceptors (Lipinski definition) is 3. The Morgan fingerprint density at radius 2 is 2.18 bits per heavy atom. The van der Waals surface area contributed by atoms with Crippen LogP contribution in [0.15, 0.2) is 30.5 Å². The van der Waals surface area contributed by atoms with Gasteiger partial charge in [0.15, 0.2) is 0 Å². The van der Waals surface area contributed by atoms with E-state index in [9.17, 15) is 9.59 Å². The quantitative estimate of drug-likeness (QED) is 0.597. The van der Waals surface area contributed by atoms with E-state index in [1.807, 2.05) is 65.0 Å². The van der Waals surface area contributed by atoms with E-state index in [0.29, 0.717) is 12.8 Å². The molecule has 0 unspecified atom stereocenters. The number of benzene rings is 1. The molecule has 0 bridgehead atoms. The molecule has 0 saturated carbocycles. The van der Waals surface area contributed by atoms with E-state index in [0.717, 1.165) is 23.0 Å². The molecule has 5 nitrogen and oxygen atoms in total. The van der Waals surface area contributed by atoms with E-state index in [4.69, 9.17) is 0 Å². The molecule has 2 aromatic rings. The van der Waals surface area contributed by atoms with Crippen LogP contribution in [0.25, 0.3) is 10.9 Å². The van der Waals surface area contributed by atoms with Crippen LogP contribution >= 0.6 is 22.6 Å². The fourth-order valence-electron chi connectivity index (χ4n) is 3.10. The van der Waals surface area contributed by atoms with Gasteiger partial charge in [0.2, 0.25) is 9.70 Å². The summed E-state index contributed by atoms with van der Waals surface area (Å²) in [6.45, 7) is 0.721. The first-order valence-electron chi connectivity index (χ1n) is 7.28. The van der Waals surface area contributed by atoms with Crippen molar-refractivity contribution in [3.8, 4) is 0 Å². The maximum Gasteiger partial charge on any atom is 0.224 e. The Morgan fingerprint density at radius 1 is 1.41 bits per heavy atom. The third kappa shape index (κ3) is 3.17. The molecule has 2 atom stereocenters. The Labute approximate surface area is 142 Å². The van der Waals surface area contributed by atoms with Gasteiger partial charge < -0.3 is 10.3 Å². The van der Waals surface area contributed by atoms with Crippen molar-refractivity contribution < 1.29 is 9.59 Å². The van der Waals surface area contributed by atoms with Gasteiger partial charge in [-0.2, -0.15) is 0 Å². The smallest absolute Gasteiger partial charge is 0.224 e. The van der Waals surface area contributed by atoms with Crippen molar-refractivity contribution in [3.63, 3.8) is 0 Å². The summed E-state index contributed by atoms with van der Waals surface area (Å²) in [6.07, 6.45) is 2.94. The molecule has 1 aliphatic rings. The van der Waals surface area contributed by atoms with Crippen molar-refractivity contribution in [1.29, 1.82) is 0 Å². The van der Waals surface area contributed by atoms with Crippen molar-refractivity contribution in [2.24, 2.45) is 0 Å². The second-order valence-electron chi connectivity index (χ2n) is 5.80. The average molecular weight is 411 g/mol. The minimum Gasteiger partial charge on any atom is -0.361 e. The molecule has 1 aliphatic heterocycles. The maximum absolute atomic E-state index is 12.3. The number of halogens is 1. The third-order valence-corrected chi connectivity index (χ3v) is 4.92. The lowest BCUT2D eigenvalue weighted by Gasteiger charge is -2.14. The van der Waals surface area contributed by atoms with Gasteiger partial charge in [-0.15, -0.1) is 0 Å². The Bertz CT molecular complexity index is 712. The highest BCUT2D eigenvalue weighted by Crippen LogP contribution is 2.20. The van der Waals surface area contributed by atoms with Crippen LogP contribution < -0.4 is 5.32 Å². The number of nitrogens with one attached hydrogen (secondary N) is 2. The van der Waals surface area contributed by atoms with E-state index in [-0.39, 0.29) is 21.8 Å². The lowest BCUT2D eigenvalue weighted by atomic mass is 10.1. The molecular weight excluding hydrogens is 393 g/mol. The summed E-state index contributed by atoms with van der Waals surface area (Å²) >= 11 is 1.83. The zero-order chi connectivity index (χ0) is 15.7. The van der Waals surface area contributed by atoms with E-state index >= 15 is 0 Å². The van der Waals surface area contributed by atoms with E-state index in [1.165, 1.54) is 0 Å². The molecule has 22 heavy (non-hydrogen) atoms. The summed E-state index contributed by atoms with van der Waals surface area (Å²) in [7, 11) is 1.92. The molecule has 1 aromatic carbocycles. The standard InChI is InChI=1S/C16H18IN3O2/c1-20-9-11(7-14(20)16(17)22)19-15(21)6-10-8-18-13-5-3-2-4-12(10)13/h2-5,8,11,14,18H,6-7,9H2,1H3,(H,19,21)/t11-,14+/m1/s1. The van der Waals surface area contributed by atoms with Gasteiger partial charge in [0.05, 0.1) is 12.5 Å². The first-order valence-corrected chi connectivity index (χ1v) is 8.36. The summed E-state index contributed by atoms with van der Waals surface area (Å²) in [5, 5.41) is 4.13. The molecule has 1 fully saturated rings. The number of hydrogen-bond donors (Lipinski definition) is 2. The first kappa shape index (κ1) is 15.5. The molecule has 0 spiro atoms. The molecule has 0 aliphatic carbocycles. The highest BCUT2D eigenvalue weighted by atomic mass is 127. The number of H-pyrrole nitrogens is 1. The van der Waals surface area contributed by atoms with Gasteiger partial charge in [-0.25, -0.2) is 0 Å². The number of aromatic amines is 1. The molecule has 0 radical (unpaired) electrons. The SMILES string of the molecule is CN1C[C@H](NC(=O)Cc2c[nH]c3ccccc23)C[C@H]1C(=O)I. The van der Waals surface area contributed by atoms with Crippen molar-refractivity contribution >= 4 is 43.2 Å². The van der Waals surface area contributed by atoms with Gasteiger partial charge in [-0.05, 0) is 25.1 Å². The van der Waals surface area contributed by atoms with Crippen LogP contribution in [0.5, 0.6) is 0 Å². The zero-order valence-electron chi connectivity index (χ0n) is 12.3. The topological polar surface area (TPSA) is 65.2 Å². The number of aromatic nitrogens is 1. The lowest BCUT2D eigenvalue weighted by Crippen LogP contribution is -2.37. The number of likely N-dealkylation sites (N-methyl/N-ethyl adjacent to an activating group) is 1. The van der Waals surface area contributed by atoms with Gasteiger partial charge in [0, 0.05) is 52.3 Å². The number of para-hydroxylation sites is 1. The Hall–Kier alpha value is -1.41. The number of amides is 1. The van der Waals surface area contributed by atoms with Crippen LogP contribution in [0.3, 0.4) is 0 Å². The van der Waals surface area contributed by atoms with Crippen LogP contribution in [-0.4, -0.2) is 45.3 Å². The minimum atomic E-state index is -0.0843. The first-order chi connectivity index (χ1) is 10.5. The molecule has 2 heterocycles. The van der Waals surface area contributed by atoms with Crippen molar-refractivity contribution in [1.82, 2.24) is 15.2 Å². The molecule has 1 aromatic heterocycles. The largest absolute Gasteiger partial charge is 0.361 e. The van der Waals surface area contributed by atoms with Crippen LogP contribution in [-0.2, 0) is 16.0 Å². The van der Waals surface area contributed by atoms with Gasteiger partial charge in [-0.1, -0.05) is 18.2 Å². The van der Waals surface area contributed by atoms with Crippen LogP contribution in [0.4, 0.5) is 0 Å². The number of fused-ring (bicyclic) bond motifs is 1. The minimum absolute atomic E-state index is 0.00436. The number of nitrogens with zero attached hydrogens (tertiary/aromatic N) is 1. The number of carbonyl (C=O) groups is 2.